The molecule has 0 aromatic carbocycles. The third-order valence-electron chi connectivity index (χ3n) is 2.78. The molecule has 0 aliphatic rings. The van der Waals surface area contributed by atoms with Gasteiger partial charge in [0.05, 0.1) is 6.54 Å². The maximum absolute atomic E-state index is 11.4. The summed E-state index contributed by atoms with van der Waals surface area (Å²) in [7, 11) is 1.60. The van der Waals surface area contributed by atoms with Gasteiger partial charge in [-0.3, -0.25) is 9.69 Å². The second-order valence-electron chi connectivity index (χ2n) is 4.70. The Labute approximate surface area is 115 Å². The molecule has 0 fully saturated rings. The van der Waals surface area contributed by atoms with Crippen LogP contribution in [-0.2, 0) is 6.54 Å². The summed E-state index contributed by atoms with van der Waals surface area (Å²) in [5, 5.41) is 2.55. The first-order valence-corrected chi connectivity index (χ1v) is 6.02. The van der Waals surface area contributed by atoms with Crippen molar-refractivity contribution in [3.8, 4) is 0 Å². The van der Waals surface area contributed by atoms with Gasteiger partial charge in [0.2, 0.25) is 0 Å². The zero-order valence-electron chi connectivity index (χ0n) is 11.7. The van der Waals surface area contributed by atoms with Crippen LogP contribution in [0.2, 0.25) is 0 Å². The number of rotatable bonds is 5. The van der Waals surface area contributed by atoms with Crippen molar-refractivity contribution in [1.29, 1.82) is 0 Å². The number of halogens is 1. The van der Waals surface area contributed by atoms with E-state index in [-0.39, 0.29) is 18.3 Å². The van der Waals surface area contributed by atoms with Crippen LogP contribution in [0.1, 0.15) is 44.0 Å². The largest absolute Gasteiger partial charge is 0.455 e. The maximum atomic E-state index is 11.4. The summed E-state index contributed by atoms with van der Waals surface area (Å²) in [5.74, 6) is 1.01. The highest BCUT2D eigenvalue weighted by molar-refractivity contribution is 5.91. The van der Waals surface area contributed by atoms with Crippen molar-refractivity contribution in [3.05, 3.63) is 23.7 Å². The fraction of sp³-hybridized carbons (Fsp3) is 0.615. The highest BCUT2D eigenvalue weighted by Gasteiger charge is 2.16. The molecule has 18 heavy (non-hydrogen) atoms. The van der Waals surface area contributed by atoms with E-state index in [4.69, 9.17) is 4.42 Å². The smallest absolute Gasteiger partial charge is 0.286 e. The molecule has 0 unspecified atom stereocenters. The second-order valence-corrected chi connectivity index (χ2v) is 4.70. The Balaban J connectivity index is 0.00000289. The van der Waals surface area contributed by atoms with Crippen LogP contribution in [0.4, 0.5) is 0 Å². The molecule has 0 saturated heterocycles. The number of amides is 1. The fourth-order valence-corrected chi connectivity index (χ4v) is 1.85. The Bertz CT molecular complexity index is 367. The van der Waals surface area contributed by atoms with Gasteiger partial charge in [-0.15, -0.1) is 12.4 Å². The van der Waals surface area contributed by atoms with Gasteiger partial charge in [-0.05, 0) is 39.8 Å². The number of nitrogens with zero attached hydrogens (tertiary/aromatic N) is 1. The molecule has 0 aliphatic heterocycles. The minimum Gasteiger partial charge on any atom is -0.455 e. The third kappa shape index (κ3) is 4.35. The number of hydrogen-bond donors (Lipinski definition) is 1. The van der Waals surface area contributed by atoms with Crippen molar-refractivity contribution in [2.45, 2.75) is 46.3 Å². The zero-order valence-corrected chi connectivity index (χ0v) is 12.5. The molecular weight excluding hydrogens is 252 g/mol. The third-order valence-corrected chi connectivity index (χ3v) is 2.78. The Kier molecular flexibility index (Phi) is 7.02. The van der Waals surface area contributed by atoms with Crippen molar-refractivity contribution in [2.75, 3.05) is 7.05 Å². The van der Waals surface area contributed by atoms with Crippen LogP contribution in [0, 0.1) is 0 Å². The summed E-state index contributed by atoms with van der Waals surface area (Å²) in [5.41, 5.74) is 0. The lowest BCUT2D eigenvalue weighted by Gasteiger charge is -2.29. The molecule has 0 aliphatic carbocycles. The summed E-state index contributed by atoms with van der Waals surface area (Å²) in [6, 6.07) is 4.47. The van der Waals surface area contributed by atoms with Crippen LogP contribution in [-0.4, -0.2) is 29.9 Å². The van der Waals surface area contributed by atoms with Crippen molar-refractivity contribution in [1.82, 2.24) is 10.2 Å². The molecule has 1 amide bonds. The SMILES string of the molecule is CNC(=O)c1ccc(CN(C(C)C)C(C)C)o1.Cl. The van der Waals surface area contributed by atoms with Gasteiger partial charge < -0.3 is 9.73 Å². The second kappa shape index (κ2) is 7.44. The molecule has 0 atom stereocenters. The topological polar surface area (TPSA) is 45.5 Å². The lowest BCUT2D eigenvalue weighted by atomic mass is 10.2. The van der Waals surface area contributed by atoms with E-state index in [1.807, 2.05) is 6.07 Å². The maximum Gasteiger partial charge on any atom is 0.286 e. The average molecular weight is 275 g/mol. The molecule has 4 nitrogen and oxygen atoms in total. The first kappa shape index (κ1) is 17.0. The monoisotopic (exact) mass is 274 g/mol. The Morgan fingerprint density at radius 2 is 1.83 bits per heavy atom. The molecule has 1 heterocycles. The van der Waals surface area contributed by atoms with E-state index in [0.29, 0.717) is 17.8 Å². The molecule has 1 aromatic heterocycles. The predicted molar refractivity (Wildman–Crippen MR) is 75.2 cm³/mol. The van der Waals surface area contributed by atoms with Crippen molar-refractivity contribution in [2.24, 2.45) is 0 Å². The number of hydrogen-bond acceptors (Lipinski definition) is 3. The molecule has 0 bridgehead atoms. The van der Waals surface area contributed by atoms with Gasteiger partial charge in [-0.2, -0.15) is 0 Å². The van der Waals surface area contributed by atoms with Gasteiger partial charge in [0.25, 0.3) is 5.91 Å². The van der Waals surface area contributed by atoms with Gasteiger partial charge in [0.15, 0.2) is 5.76 Å². The minimum absolute atomic E-state index is 0. The summed E-state index contributed by atoms with van der Waals surface area (Å²) in [4.78, 5) is 13.7. The van der Waals surface area contributed by atoms with E-state index in [1.54, 1.807) is 13.1 Å². The van der Waals surface area contributed by atoms with Crippen molar-refractivity contribution >= 4 is 18.3 Å². The average Bonchev–Trinajstić information content (AvgIpc) is 2.72. The Morgan fingerprint density at radius 1 is 1.28 bits per heavy atom. The first-order chi connectivity index (χ1) is 7.95. The number of furan rings is 1. The lowest BCUT2D eigenvalue weighted by molar-refractivity contribution is 0.0928. The lowest BCUT2D eigenvalue weighted by Crippen LogP contribution is -2.36. The molecule has 0 saturated carbocycles. The predicted octanol–water partition coefficient (Wildman–Crippen LogP) is 2.68. The normalized spacial score (nSPS) is 10.9. The van der Waals surface area contributed by atoms with Crippen LogP contribution in [0.5, 0.6) is 0 Å². The summed E-state index contributed by atoms with van der Waals surface area (Å²) in [6.45, 7) is 9.35. The van der Waals surface area contributed by atoms with Crippen LogP contribution in [0.25, 0.3) is 0 Å². The summed E-state index contributed by atoms with van der Waals surface area (Å²) < 4.78 is 5.51. The van der Waals surface area contributed by atoms with Gasteiger partial charge >= 0.3 is 0 Å². The molecule has 1 aromatic rings. The molecule has 5 heteroatoms. The molecular formula is C13H23ClN2O2. The first-order valence-electron chi connectivity index (χ1n) is 6.02. The van der Waals surface area contributed by atoms with Gasteiger partial charge in [-0.1, -0.05) is 0 Å². The van der Waals surface area contributed by atoms with Crippen LogP contribution < -0.4 is 5.32 Å². The quantitative estimate of drug-likeness (QED) is 0.898. The van der Waals surface area contributed by atoms with E-state index >= 15 is 0 Å². The number of carbonyl (C=O) groups excluding carboxylic acids is 1. The molecule has 104 valence electrons. The van der Waals surface area contributed by atoms with Crippen molar-refractivity contribution < 1.29 is 9.21 Å². The van der Waals surface area contributed by atoms with E-state index in [2.05, 4.69) is 37.9 Å². The standard InChI is InChI=1S/C13H22N2O2.ClH/c1-9(2)15(10(3)4)8-11-6-7-12(17-11)13(16)14-5;/h6-7,9-10H,8H2,1-5H3,(H,14,16);1H. The van der Waals surface area contributed by atoms with E-state index in [1.165, 1.54) is 0 Å². The Hall–Kier alpha value is -1.00. The van der Waals surface area contributed by atoms with E-state index < -0.39 is 0 Å². The van der Waals surface area contributed by atoms with E-state index in [9.17, 15) is 4.79 Å². The highest BCUT2D eigenvalue weighted by atomic mass is 35.5. The van der Waals surface area contributed by atoms with Crippen molar-refractivity contribution in [3.63, 3.8) is 0 Å². The van der Waals surface area contributed by atoms with Gasteiger partial charge in [-0.25, -0.2) is 0 Å². The van der Waals surface area contributed by atoms with E-state index in [0.717, 1.165) is 12.3 Å². The number of nitrogens with one attached hydrogen (secondary N) is 1. The van der Waals surface area contributed by atoms with Gasteiger partial charge in [0.1, 0.15) is 5.76 Å². The molecule has 1 N–H and O–H groups in total. The van der Waals surface area contributed by atoms with Gasteiger partial charge in [0, 0.05) is 19.1 Å². The molecule has 0 spiro atoms. The molecule has 1 rings (SSSR count). The molecule has 0 radical (unpaired) electrons. The highest BCUT2D eigenvalue weighted by Crippen LogP contribution is 2.14. The zero-order chi connectivity index (χ0) is 13.0. The van der Waals surface area contributed by atoms with Crippen LogP contribution >= 0.6 is 12.4 Å². The Morgan fingerprint density at radius 3 is 2.28 bits per heavy atom. The van der Waals surface area contributed by atoms with Crippen LogP contribution in [0.15, 0.2) is 16.5 Å². The summed E-state index contributed by atoms with van der Waals surface area (Å²) in [6.07, 6.45) is 0. The number of carbonyl (C=O) groups is 1. The minimum atomic E-state index is -0.183. The fourth-order valence-electron chi connectivity index (χ4n) is 1.85. The summed E-state index contributed by atoms with van der Waals surface area (Å²) >= 11 is 0. The van der Waals surface area contributed by atoms with Crippen LogP contribution in [0.3, 0.4) is 0 Å².